The van der Waals surface area contributed by atoms with E-state index in [1.807, 2.05) is 12.1 Å². The van der Waals surface area contributed by atoms with Crippen LogP contribution < -0.4 is 5.32 Å². The summed E-state index contributed by atoms with van der Waals surface area (Å²) in [5.74, 6) is 0.909. The maximum atomic E-state index is 12.1. The number of likely N-dealkylation sites (tertiary alicyclic amines) is 1. The smallest absolute Gasteiger partial charge is 0.251 e. The van der Waals surface area contributed by atoms with Crippen molar-refractivity contribution in [2.45, 2.75) is 59.0 Å². The van der Waals surface area contributed by atoms with Gasteiger partial charge in [-0.05, 0) is 62.9 Å². The molecule has 0 aliphatic carbocycles. The maximum Gasteiger partial charge on any atom is 0.251 e. The number of nitrogens with one attached hydrogen (secondary N) is 1. The van der Waals surface area contributed by atoms with Crippen LogP contribution in [0, 0.1) is 5.92 Å². The standard InChI is InChI=1S/C19H30N2O/c1-4-5-16(3)20-19(22)18-8-6-17(7-9-18)14-21-12-10-15(2)11-13-21/h6-9,15-16H,4-5,10-14H2,1-3H3,(H,20,22)/t16-/m0/s1. The molecule has 3 nitrogen and oxygen atoms in total. The molecular formula is C19H30N2O. The molecule has 1 aliphatic rings. The van der Waals surface area contributed by atoms with E-state index in [0.29, 0.717) is 0 Å². The van der Waals surface area contributed by atoms with E-state index >= 15 is 0 Å². The van der Waals surface area contributed by atoms with Gasteiger partial charge in [-0.15, -0.1) is 0 Å². The third kappa shape index (κ3) is 5.13. The number of hydrogen-bond donors (Lipinski definition) is 1. The first-order chi connectivity index (χ1) is 10.6. The van der Waals surface area contributed by atoms with Gasteiger partial charge in [-0.25, -0.2) is 0 Å². The van der Waals surface area contributed by atoms with Crippen LogP contribution in [0.25, 0.3) is 0 Å². The molecule has 1 N–H and O–H groups in total. The highest BCUT2D eigenvalue weighted by atomic mass is 16.1. The molecule has 0 radical (unpaired) electrons. The summed E-state index contributed by atoms with van der Waals surface area (Å²) in [5, 5.41) is 3.05. The van der Waals surface area contributed by atoms with Gasteiger partial charge < -0.3 is 5.32 Å². The topological polar surface area (TPSA) is 32.3 Å². The van der Waals surface area contributed by atoms with Gasteiger partial charge in [0.25, 0.3) is 5.91 Å². The molecule has 22 heavy (non-hydrogen) atoms. The Kier molecular flexibility index (Phi) is 6.44. The molecule has 0 unspecified atom stereocenters. The van der Waals surface area contributed by atoms with E-state index in [2.05, 4.69) is 43.1 Å². The van der Waals surface area contributed by atoms with Crippen LogP contribution in [0.15, 0.2) is 24.3 Å². The lowest BCUT2D eigenvalue weighted by atomic mass is 9.99. The van der Waals surface area contributed by atoms with Gasteiger partial charge in [0.1, 0.15) is 0 Å². The molecule has 1 amide bonds. The van der Waals surface area contributed by atoms with Crippen LogP contribution in [-0.2, 0) is 6.54 Å². The van der Waals surface area contributed by atoms with Gasteiger partial charge in [0.15, 0.2) is 0 Å². The molecule has 1 aromatic rings. The minimum atomic E-state index is 0.0410. The third-order valence-corrected chi connectivity index (χ3v) is 4.60. The van der Waals surface area contributed by atoms with Crippen LogP contribution in [0.5, 0.6) is 0 Å². The lowest BCUT2D eigenvalue weighted by molar-refractivity contribution is 0.0938. The van der Waals surface area contributed by atoms with Crippen molar-refractivity contribution in [3.8, 4) is 0 Å². The monoisotopic (exact) mass is 302 g/mol. The maximum absolute atomic E-state index is 12.1. The lowest BCUT2D eigenvalue weighted by Gasteiger charge is -2.30. The number of piperidine rings is 1. The summed E-state index contributed by atoms with van der Waals surface area (Å²) in [6.45, 7) is 9.92. The first-order valence-corrected chi connectivity index (χ1v) is 8.70. The van der Waals surface area contributed by atoms with Crippen molar-refractivity contribution < 1.29 is 4.79 Å². The first-order valence-electron chi connectivity index (χ1n) is 8.70. The second kappa shape index (κ2) is 8.33. The van der Waals surface area contributed by atoms with Gasteiger partial charge in [0.2, 0.25) is 0 Å². The lowest BCUT2D eigenvalue weighted by Crippen LogP contribution is -2.33. The summed E-state index contributed by atoms with van der Waals surface area (Å²) in [4.78, 5) is 14.7. The number of rotatable bonds is 6. The van der Waals surface area contributed by atoms with Crippen molar-refractivity contribution in [1.29, 1.82) is 0 Å². The average molecular weight is 302 g/mol. The highest BCUT2D eigenvalue weighted by molar-refractivity contribution is 5.94. The molecule has 0 aromatic heterocycles. The fraction of sp³-hybridized carbons (Fsp3) is 0.632. The predicted molar refractivity (Wildman–Crippen MR) is 92.0 cm³/mol. The van der Waals surface area contributed by atoms with Crippen molar-refractivity contribution in [2.24, 2.45) is 5.92 Å². The molecule has 1 saturated heterocycles. The summed E-state index contributed by atoms with van der Waals surface area (Å²) in [7, 11) is 0. The molecule has 1 atom stereocenters. The second-order valence-electron chi connectivity index (χ2n) is 6.82. The number of carbonyl (C=O) groups is 1. The Balaban J connectivity index is 1.85. The molecule has 122 valence electrons. The third-order valence-electron chi connectivity index (χ3n) is 4.60. The van der Waals surface area contributed by atoms with Gasteiger partial charge in [0, 0.05) is 18.2 Å². The summed E-state index contributed by atoms with van der Waals surface area (Å²) >= 11 is 0. The normalized spacial score (nSPS) is 18.1. The van der Waals surface area contributed by atoms with Gasteiger partial charge in [-0.1, -0.05) is 32.4 Å². The first kappa shape index (κ1) is 17.0. The van der Waals surface area contributed by atoms with Crippen LogP contribution in [0.1, 0.15) is 62.4 Å². The molecule has 0 saturated carbocycles. The fourth-order valence-corrected chi connectivity index (χ4v) is 3.05. The average Bonchev–Trinajstić information content (AvgIpc) is 2.50. The number of benzene rings is 1. The SMILES string of the molecule is CCC[C@H](C)NC(=O)c1ccc(CN2CCC(C)CC2)cc1. The molecule has 1 heterocycles. The van der Waals surface area contributed by atoms with Gasteiger partial charge in [-0.3, -0.25) is 9.69 Å². The van der Waals surface area contributed by atoms with Crippen LogP contribution in [0.2, 0.25) is 0 Å². The van der Waals surface area contributed by atoms with Crippen molar-refractivity contribution in [1.82, 2.24) is 10.2 Å². The molecule has 1 aromatic carbocycles. The van der Waals surface area contributed by atoms with Crippen molar-refractivity contribution >= 4 is 5.91 Å². The minimum absolute atomic E-state index is 0.0410. The molecule has 0 bridgehead atoms. The van der Waals surface area contributed by atoms with E-state index in [-0.39, 0.29) is 11.9 Å². The molecule has 1 aliphatic heterocycles. The number of carbonyl (C=O) groups excluding carboxylic acids is 1. The van der Waals surface area contributed by atoms with E-state index in [1.54, 1.807) is 0 Å². The van der Waals surface area contributed by atoms with E-state index < -0.39 is 0 Å². The predicted octanol–water partition coefficient (Wildman–Crippen LogP) is 3.84. The largest absolute Gasteiger partial charge is 0.350 e. The summed E-state index contributed by atoms with van der Waals surface area (Å²) in [6, 6.07) is 8.34. The Morgan fingerprint density at radius 2 is 1.91 bits per heavy atom. The van der Waals surface area contributed by atoms with Gasteiger partial charge >= 0.3 is 0 Å². The van der Waals surface area contributed by atoms with Crippen LogP contribution in [0.3, 0.4) is 0 Å². The molecule has 3 heteroatoms. The Morgan fingerprint density at radius 1 is 1.27 bits per heavy atom. The molecule has 0 spiro atoms. The zero-order valence-electron chi connectivity index (χ0n) is 14.3. The highest BCUT2D eigenvalue weighted by Crippen LogP contribution is 2.18. The fourth-order valence-electron chi connectivity index (χ4n) is 3.05. The minimum Gasteiger partial charge on any atom is -0.350 e. The molecule has 2 rings (SSSR count). The molecule has 1 fully saturated rings. The van der Waals surface area contributed by atoms with Crippen molar-refractivity contribution in [3.05, 3.63) is 35.4 Å². The van der Waals surface area contributed by atoms with Crippen LogP contribution >= 0.6 is 0 Å². The number of nitrogens with zero attached hydrogens (tertiary/aromatic N) is 1. The van der Waals surface area contributed by atoms with E-state index in [9.17, 15) is 4.79 Å². The number of amides is 1. The summed E-state index contributed by atoms with van der Waals surface area (Å²) in [6.07, 6.45) is 4.72. The van der Waals surface area contributed by atoms with Crippen molar-refractivity contribution in [2.75, 3.05) is 13.1 Å². The Bertz CT molecular complexity index is 461. The summed E-state index contributed by atoms with van der Waals surface area (Å²) in [5.41, 5.74) is 2.06. The number of hydrogen-bond acceptors (Lipinski definition) is 2. The van der Waals surface area contributed by atoms with Gasteiger partial charge in [0.05, 0.1) is 0 Å². The highest BCUT2D eigenvalue weighted by Gasteiger charge is 2.16. The van der Waals surface area contributed by atoms with E-state index in [1.165, 1.54) is 31.5 Å². The Morgan fingerprint density at radius 3 is 2.50 bits per heavy atom. The second-order valence-corrected chi connectivity index (χ2v) is 6.82. The zero-order valence-corrected chi connectivity index (χ0v) is 14.3. The zero-order chi connectivity index (χ0) is 15.9. The summed E-state index contributed by atoms with van der Waals surface area (Å²) < 4.78 is 0. The van der Waals surface area contributed by atoms with Crippen LogP contribution in [-0.4, -0.2) is 29.9 Å². The van der Waals surface area contributed by atoms with Crippen LogP contribution in [0.4, 0.5) is 0 Å². The quantitative estimate of drug-likeness (QED) is 0.866. The van der Waals surface area contributed by atoms with Gasteiger partial charge in [-0.2, -0.15) is 0 Å². The van der Waals surface area contributed by atoms with E-state index in [0.717, 1.165) is 30.9 Å². The van der Waals surface area contributed by atoms with E-state index in [4.69, 9.17) is 0 Å². The molecular weight excluding hydrogens is 272 g/mol. The Labute approximate surface area is 135 Å². The Hall–Kier alpha value is -1.35. The van der Waals surface area contributed by atoms with Crippen molar-refractivity contribution in [3.63, 3.8) is 0 Å².